The summed E-state index contributed by atoms with van der Waals surface area (Å²) in [6, 6.07) is 32.7. The van der Waals surface area contributed by atoms with Crippen LogP contribution in [-0.2, 0) is 16.5 Å². The van der Waals surface area contributed by atoms with Gasteiger partial charge < -0.3 is 8.85 Å². The highest BCUT2D eigenvalue weighted by Crippen LogP contribution is 2.24. The second-order valence-corrected chi connectivity index (χ2v) is 9.10. The first-order valence-electron chi connectivity index (χ1n) is 8.75. The highest BCUT2D eigenvalue weighted by Gasteiger charge is 2.40. The van der Waals surface area contributed by atoms with Gasteiger partial charge in [-0.2, -0.15) is 0 Å². The molecule has 0 saturated carbocycles. The largest absolute Gasteiger partial charge is 0.520 e. The van der Waals surface area contributed by atoms with E-state index >= 15 is 0 Å². The predicted molar refractivity (Wildman–Crippen MR) is 105 cm³/mol. The standard InChI is InChI=1S/C22H24O2Si/c1-2-23-25(18-20-12-6-3-7-13-20,19-21-14-8-4-9-15-21)24-22-16-10-5-11-17-22/h3-17H,2,18-19H2,1H3. The molecule has 25 heavy (non-hydrogen) atoms. The monoisotopic (exact) mass is 348 g/mol. The molecule has 0 radical (unpaired) electrons. The van der Waals surface area contributed by atoms with E-state index in [2.05, 4.69) is 48.5 Å². The van der Waals surface area contributed by atoms with E-state index in [1.54, 1.807) is 0 Å². The molecule has 0 fully saturated rings. The van der Waals surface area contributed by atoms with Crippen LogP contribution in [0.25, 0.3) is 0 Å². The summed E-state index contributed by atoms with van der Waals surface area (Å²) in [5.41, 5.74) is 2.52. The topological polar surface area (TPSA) is 18.5 Å². The second-order valence-electron chi connectivity index (χ2n) is 6.08. The summed E-state index contributed by atoms with van der Waals surface area (Å²) in [6.45, 7) is 2.70. The lowest BCUT2D eigenvalue weighted by Crippen LogP contribution is -2.51. The van der Waals surface area contributed by atoms with Gasteiger partial charge in [-0.25, -0.2) is 0 Å². The molecule has 2 nitrogen and oxygen atoms in total. The Morgan fingerprint density at radius 3 is 1.52 bits per heavy atom. The lowest BCUT2D eigenvalue weighted by Gasteiger charge is -2.31. The number of para-hydroxylation sites is 1. The Balaban J connectivity index is 1.94. The summed E-state index contributed by atoms with van der Waals surface area (Å²) in [7, 11) is -2.52. The van der Waals surface area contributed by atoms with E-state index in [4.69, 9.17) is 8.85 Å². The van der Waals surface area contributed by atoms with Crippen LogP contribution in [0.3, 0.4) is 0 Å². The van der Waals surface area contributed by atoms with Gasteiger partial charge in [0.25, 0.3) is 0 Å². The molecule has 0 amide bonds. The second kappa shape index (κ2) is 8.65. The van der Waals surface area contributed by atoms with Gasteiger partial charge in [-0.3, -0.25) is 0 Å². The van der Waals surface area contributed by atoms with Gasteiger partial charge in [-0.05, 0) is 30.2 Å². The molecule has 0 aliphatic heterocycles. The fourth-order valence-corrected chi connectivity index (χ4v) is 6.39. The van der Waals surface area contributed by atoms with Crippen molar-refractivity contribution in [3.05, 3.63) is 102 Å². The van der Waals surface area contributed by atoms with Crippen LogP contribution in [0, 0.1) is 0 Å². The maximum absolute atomic E-state index is 6.57. The molecule has 0 aromatic heterocycles. The Morgan fingerprint density at radius 2 is 1.08 bits per heavy atom. The molecular formula is C22H24O2Si. The molecule has 0 aliphatic rings. The van der Waals surface area contributed by atoms with Gasteiger partial charge in [0.2, 0.25) is 0 Å². The molecule has 0 N–H and O–H groups in total. The average molecular weight is 349 g/mol. The Labute approximate surface area is 151 Å². The van der Waals surface area contributed by atoms with Crippen molar-refractivity contribution in [2.24, 2.45) is 0 Å². The molecule has 0 heterocycles. The normalized spacial score (nSPS) is 11.2. The van der Waals surface area contributed by atoms with Crippen molar-refractivity contribution in [2.45, 2.75) is 19.0 Å². The van der Waals surface area contributed by atoms with Crippen LogP contribution in [0.2, 0.25) is 0 Å². The van der Waals surface area contributed by atoms with Crippen molar-refractivity contribution in [3.63, 3.8) is 0 Å². The first kappa shape index (κ1) is 17.5. The lowest BCUT2D eigenvalue weighted by atomic mass is 10.2. The molecule has 0 saturated heterocycles. The van der Waals surface area contributed by atoms with Crippen LogP contribution in [0.5, 0.6) is 5.75 Å². The summed E-state index contributed by atoms with van der Waals surface area (Å²) in [5, 5.41) is 0. The van der Waals surface area contributed by atoms with Gasteiger partial charge in [0.15, 0.2) is 0 Å². The maximum Gasteiger partial charge on any atom is 0.407 e. The Hall–Kier alpha value is -2.36. The first-order valence-corrected chi connectivity index (χ1v) is 11.0. The zero-order valence-corrected chi connectivity index (χ0v) is 15.6. The van der Waals surface area contributed by atoms with Crippen molar-refractivity contribution in [2.75, 3.05) is 6.61 Å². The first-order chi connectivity index (χ1) is 12.3. The molecule has 0 spiro atoms. The molecular weight excluding hydrogens is 324 g/mol. The van der Waals surface area contributed by atoms with Crippen LogP contribution >= 0.6 is 0 Å². The summed E-state index contributed by atoms with van der Waals surface area (Å²) in [5.74, 6) is 0.884. The molecule has 128 valence electrons. The highest BCUT2D eigenvalue weighted by molar-refractivity contribution is 6.67. The fourth-order valence-electron chi connectivity index (χ4n) is 3.05. The van der Waals surface area contributed by atoms with Gasteiger partial charge in [-0.1, -0.05) is 78.9 Å². The smallest absolute Gasteiger partial charge is 0.407 e. The van der Waals surface area contributed by atoms with Gasteiger partial charge in [0.05, 0.1) is 0 Å². The molecule has 0 aliphatic carbocycles. The summed E-state index contributed by atoms with van der Waals surface area (Å²) >= 11 is 0. The Morgan fingerprint density at radius 1 is 0.640 bits per heavy atom. The van der Waals surface area contributed by atoms with E-state index in [1.807, 2.05) is 49.4 Å². The van der Waals surface area contributed by atoms with Crippen molar-refractivity contribution >= 4 is 8.56 Å². The van der Waals surface area contributed by atoms with Crippen LogP contribution in [0.1, 0.15) is 18.1 Å². The molecule has 0 atom stereocenters. The fraction of sp³-hybridized carbons (Fsp3) is 0.182. The Bertz CT molecular complexity index is 643. The number of hydrogen-bond acceptors (Lipinski definition) is 2. The molecule has 3 aromatic rings. The molecule has 3 heteroatoms. The van der Waals surface area contributed by atoms with E-state index < -0.39 is 8.56 Å². The zero-order valence-electron chi connectivity index (χ0n) is 14.6. The van der Waals surface area contributed by atoms with Gasteiger partial charge in [-0.15, -0.1) is 0 Å². The third kappa shape index (κ3) is 5.05. The van der Waals surface area contributed by atoms with Crippen LogP contribution in [-0.4, -0.2) is 15.2 Å². The van der Waals surface area contributed by atoms with Crippen molar-refractivity contribution in [1.29, 1.82) is 0 Å². The number of rotatable bonds is 8. The third-order valence-electron chi connectivity index (χ3n) is 4.09. The van der Waals surface area contributed by atoms with Gasteiger partial charge >= 0.3 is 8.56 Å². The highest BCUT2D eigenvalue weighted by atomic mass is 28.4. The minimum Gasteiger partial charge on any atom is -0.520 e. The Kier molecular flexibility index (Phi) is 6.04. The summed E-state index contributed by atoms with van der Waals surface area (Å²) in [6.07, 6.45) is 0. The van der Waals surface area contributed by atoms with Crippen molar-refractivity contribution in [3.8, 4) is 5.75 Å². The van der Waals surface area contributed by atoms with Gasteiger partial charge in [0.1, 0.15) is 5.75 Å². The molecule has 3 rings (SSSR count). The minimum atomic E-state index is -2.52. The average Bonchev–Trinajstić information content (AvgIpc) is 2.64. The minimum absolute atomic E-state index is 0.652. The predicted octanol–water partition coefficient (Wildman–Crippen LogP) is 5.11. The van der Waals surface area contributed by atoms with E-state index in [0.29, 0.717) is 6.61 Å². The lowest BCUT2D eigenvalue weighted by molar-refractivity contribution is 0.248. The SMILES string of the molecule is CCO[Si](Cc1ccccc1)(Cc1ccccc1)Oc1ccccc1. The van der Waals surface area contributed by atoms with E-state index in [-0.39, 0.29) is 0 Å². The van der Waals surface area contributed by atoms with Gasteiger partial charge in [0, 0.05) is 18.7 Å². The van der Waals surface area contributed by atoms with E-state index in [1.165, 1.54) is 11.1 Å². The maximum atomic E-state index is 6.57. The summed E-state index contributed by atoms with van der Waals surface area (Å²) < 4.78 is 12.9. The third-order valence-corrected chi connectivity index (χ3v) is 7.40. The van der Waals surface area contributed by atoms with Crippen molar-refractivity contribution < 1.29 is 8.85 Å². The number of hydrogen-bond donors (Lipinski definition) is 0. The quantitative estimate of drug-likeness (QED) is 0.527. The molecule has 0 unspecified atom stereocenters. The summed E-state index contributed by atoms with van der Waals surface area (Å²) in [4.78, 5) is 0. The number of benzene rings is 3. The van der Waals surface area contributed by atoms with E-state index in [9.17, 15) is 0 Å². The van der Waals surface area contributed by atoms with Crippen LogP contribution in [0.4, 0.5) is 0 Å². The molecule has 0 bridgehead atoms. The van der Waals surface area contributed by atoms with Crippen LogP contribution < -0.4 is 4.43 Å². The van der Waals surface area contributed by atoms with E-state index in [0.717, 1.165) is 17.8 Å². The zero-order chi connectivity index (χ0) is 17.4. The van der Waals surface area contributed by atoms with Crippen molar-refractivity contribution in [1.82, 2.24) is 0 Å². The molecule has 3 aromatic carbocycles. The van der Waals surface area contributed by atoms with Crippen LogP contribution in [0.15, 0.2) is 91.0 Å².